The third-order valence-electron chi connectivity index (χ3n) is 4.52. The first-order chi connectivity index (χ1) is 12.2. The van der Waals surface area contributed by atoms with Gasteiger partial charge in [-0.1, -0.05) is 19.1 Å². The molecule has 1 fully saturated rings. The monoisotopic (exact) mass is 352 g/mol. The number of benzene rings is 1. The molecule has 2 aromatic heterocycles. The number of carbonyl (C=O) groups excluding carboxylic acids is 1. The van der Waals surface area contributed by atoms with Gasteiger partial charge in [0.2, 0.25) is 5.91 Å². The number of rotatable bonds is 5. The van der Waals surface area contributed by atoms with E-state index in [0.29, 0.717) is 12.3 Å². The van der Waals surface area contributed by atoms with Crippen LogP contribution in [0.4, 0.5) is 0 Å². The summed E-state index contributed by atoms with van der Waals surface area (Å²) in [5, 5.41) is 0.0359. The molecule has 0 spiro atoms. The third kappa shape index (κ3) is 3.24. The normalized spacial score (nSPS) is 17.4. The lowest BCUT2D eigenvalue weighted by molar-refractivity contribution is -0.128. The number of aromatic nitrogens is 1. The number of carbonyl (C=O) groups is 1. The molecule has 25 heavy (non-hydrogen) atoms. The Morgan fingerprint density at radius 2 is 2.04 bits per heavy atom. The van der Waals surface area contributed by atoms with E-state index in [0.717, 1.165) is 23.4 Å². The summed E-state index contributed by atoms with van der Waals surface area (Å²) >= 11 is 1.67. The summed E-state index contributed by atoms with van der Waals surface area (Å²) in [6.07, 6.45) is 6.87. The van der Waals surface area contributed by atoms with Crippen LogP contribution in [0.5, 0.6) is 0 Å². The van der Waals surface area contributed by atoms with Crippen LogP contribution in [-0.2, 0) is 17.8 Å². The topological polar surface area (TPSA) is 38.4 Å². The van der Waals surface area contributed by atoms with Crippen molar-refractivity contribution in [1.29, 1.82) is 0 Å². The van der Waals surface area contributed by atoms with Gasteiger partial charge in [0.25, 0.3) is 0 Å². The fourth-order valence-electron chi connectivity index (χ4n) is 3.10. The van der Waals surface area contributed by atoms with E-state index in [1.165, 1.54) is 5.56 Å². The van der Waals surface area contributed by atoms with E-state index in [9.17, 15) is 4.79 Å². The van der Waals surface area contributed by atoms with Crippen LogP contribution in [0.15, 0.2) is 65.5 Å². The molecule has 5 heteroatoms. The Morgan fingerprint density at radius 3 is 2.76 bits per heavy atom. The summed E-state index contributed by atoms with van der Waals surface area (Å²) in [6, 6.07) is 14.5. The van der Waals surface area contributed by atoms with Crippen LogP contribution in [0.25, 0.3) is 5.69 Å². The Balaban J connectivity index is 1.56. The number of nitrogens with zero attached hydrogens (tertiary/aromatic N) is 2. The molecule has 0 saturated carbocycles. The summed E-state index contributed by atoms with van der Waals surface area (Å²) < 4.78 is 7.53. The predicted molar refractivity (Wildman–Crippen MR) is 99.6 cm³/mol. The van der Waals surface area contributed by atoms with E-state index < -0.39 is 0 Å². The zero-order chi connectivity index (χ0) is 17.2. The van der Waals surface area contributed by atoms with Gasteiger partial charge in [-0.3, -0.25) is 4.79 Å². The number of aryl methyl sites for hydroxylation is 1. The highest BCUT2D eigenvalue weighted by Gasteiger charge is 2.33. The summed E-state index contributed by atoms with van der Waals surface area (Å²) in [5.74, 6) is 1.49. The fraction of sp³-hybridized carbons (Fsp3) is 0.250. The minimum atomic E-state index is 0.0359. The third-order valence-corrected chi connectivity index (χ3v) is 5.77. The summed E-state index contributed by atoms with van der Waals surface area (Å²) in [4.78, 5) is 14.2. The maximum absolute atomic E-state index is 12.3. The van der Waals surface area contributed by atoms with E-state index >= 15 is 0 Å². The Bertz CT molecular complexity index is 852. The average Bonchev–Trinajstić information content (AvgIpc) is 3.38. The van der Waals surface area contributed by atoms with Crippen LogP contribution < -0.4 is 0 Å². The maximum atomic E-state index is 12.3. The Labute approximate surface area is 151 Å². The van der Waals surface area contributed by atoms with Gasteiger partial charge >= 0.3 is 0 Å². The highest BCUT2D eigenvalue weighted by atomic mass is 32.2. The largest absolute Gasteiger partial charge is 0.467 e. The molecule has 4 rings (SSSR count). The smallest absolute Gasteiger partial charge is 0.234 e. The maximum Gasteiger partial charge on any atom is 0.234 e. The van der Waals surface area contributed by atoms with Crippen LogP contribution in [0.2, 0.25) is 0 Å². The van der Waals surface area contributed by atoms with Crippen LogP contribution in [0.1, 0.15) is 29.2 Å². The Hall–Kier alpha value is -2.40. The molecule has 1 atom stereocenters. The van der Waals surface area contributed by atoms with Gasteiger partial charge in [-0.25, -0.2) is 0 Å². The van der Waals surface area contributed by atoms with E-state index in [1.807, 2.05) is 17.0 Å². The van der Waals surface area contributed by atoms with Gasteiger partial charge in [-0.05, 0) is 42.3 Å². The van der Waals surface area contributed by atoms with Crippen molar-refractivity contribution in [3.8, 4) is 5.69 Å². The molecule has 0 N–H and O–H groups in total. The second kappa shape index (κ2) is 6.84. The molecule has 4 nitrogen and oxygen atoms in total. The van der Waals surface area contributed by atoms with Crippen molar-refractivity contribution in [2.45, 2.75) is 25.3 Å². The molecule has 0 radical (unpaired) electrons. The first-order valence-electron chi connectivity index (χ1n) is 8.45. The first-order valence-corrected chi connectivity index (χ1v) is 9.50. The second-order valence-corrected chi connectivity index (χ2v) is 7.21. The van der Waals surface area contributed by atoms with Crippen LogP contribution in [-0.4, -0.2) is 21.1 Å². The van der Waals surface area contributed by atoms with Crippen molar-refractivity contribution >= 4 is 17.7 Å². The molecule has 0 aliphatic carbocycles. The minimum absolute atomic E-state index is 0.0359. The number of amides is 1. The van der Waals surface area contributed by atoms with E-state index in [2.05, 4.69) is 54.2 Å². The van der Waals surface area contributed by atoms with Crippen molar-refractivity contribution in [2.24, 2.45) is 0 Å². The summed E-state index contributed by atoms with van der Waals surface area (Å²) in [5.41, 5.74) is 3.61. The van der Waals surface area contributed by atoms with E-state index in [1.54, 1.807) is 18.0 Å². The number of furan rings is 1. The number of hydrogen-bond donors (Lipinski definition) is 0. The van der Waals surface area contributed by atoms with Crippen molar-refractivity contribution in [1.82, 2.24) is 9.47 Å². The molecule has 128 valence electrons. The quantitative estimate of drug-likeness (QED) is 0.683. The minimum Gasteiger partial charge on any atom is -0.467 e. The van der Waals surface area contributed by atoms with Crippen molar-refractivity contribution in [2.75, 3.05) is 5.75 Å². The van der Waals surface area contributed by atoms with Crippen molar-refractivity contribution in [3.63, 3.8) is 0 Å². The highest BCUT2D eigenvalue weighted by Crippen LogP contribution is 2.40. The molecule has 0 bridgehead atoms. The molecular formula is C20H20N2O2S. The lowest BCUT2D eigenvalue weighted by Crippen LogP contribution is -2.27. The molecule has 3 heterocycles. The predicted octanol–water partition coefficient (Wildman–Crippen LogP) is 4.41. The van der Waals surface area contributed by atoms with Gasteiger partial charge in [0.1, 0.15) is 11.1 Å². The van der Waals surface area contributed by atoms with E-state index in [4.69, 9.17) is 4.42 Å². The molecule has 1 amide bonds. The second-order valence-electron chi connectivity index (χ2n) is 6.14. The molecule has 1 aromatic carbocycles. The van der Waals surface area contributed by atoms with Gasteiger partial charge < -0.3 is 13.9 Å². The zero-order valence-corrected chi connectivity index (χ0v) is 14.9. The van der Waals surface area contributed by atoms with Crippen LogP contribution in [0, 0.1) is 0 Å². The SMILES string of the molecule is CCc1ccc(-n2ccc(C3SCC(=O)N3Cc3ccco3)c2)cc1. The van der Waals surface area contributed by atoms with Gasteiger partial charge in [0.15, 0.2) is 0 Å². The lowest BCUT2D eigenvalue weighted by atomic mass is 10.1. The molecule has 1 aliphatic rings. The van der Waals surface area contributed by atoms with Crippen molar-refractivity contribution < 1.29 is 9.21 Å². The summed E-state index contributed by atoms with van der Waals surface area (Å²) in [7, 11) is 0. The molecule has 3 aromatic rings. The molecule has 1 aliphatic heterocycles. The Morgan fingerprint density at radius 1 is 1.20 bits per heavy atom. The standard InChI is InChI=1S/C20H20N2O2S/c1-2-15-5-7-17(8-6-15)21-10-9-16(12-21)20-22(19(23)14-25-20)13-18-4-3-11-24-18/h3-12,20H,2,13-14H2,1H3. The number of thioether (sulfide) groups is 1. The number of hydrogen-bond acceptors (Lipinski definition) is 3. The van der Waals surface area contributed by atoms with Crippen LogP contribution in [0.3, 0.4) is 0 Å². The Kier molecular flexibility index (Phi) is 4.40. The zero-order valence-electron chi connectivity index (χ0n) is 14.1. The van der Waals surface area contributed by atoms with Crippen molar-refractivity contribution in [3.05, 3.63) is 78.0 Å². The first kappa shape index (κ1) is 16.1. The van der Waals surface area contributed by atoms with E-state index in [-0.39, 0.29) is 11.3 Å². The summed E-state index contributed by atoms with van der Waals surface area (Å²) in [6.45, 7) is 2.67. The molecular weight excluding hydrogens is 332 g/mol. The van der Waals surface area contributed by atoms with Gasteiger partial charge in [-0.15, -0.1) is 11.8 Å². The lowest BCUT2D eigenvalue weighted by Gasteiger charge is -2.22. The van der Waals surface area contributed by atoms with Gasteiger partial charge in [0, 0.05) is 23.6 Å². The van der Waals surface area contributed by atoms with Crippen LogP contribution >= 0.6 is 11.8 Å². The average molecular weight is 352 g/mol. The highest BCUT2D eigenvalue weighted by molar-refractivity contribution is 8.00. The van der Waals surface area contributed by atoms with Gasteiger partial charge in [-0.2, -0.15) is 0 Å². The fourth-order valence-corrected chi connectivity index (χ4v) is 4.27. The molecule has 1 unspecified atom stereocenters. The van der Waals surface area contributed by atoms with Gasteiger partial charge in [0.05, 0.1) is 18.6 Å². The molecule has 1 saturated heterocycles.